The van der Waals surface area contributed by atoms with Crippen molar-refractivity contribution >= 4 is 19.8 Å². The molecule has 0 spiro atoms. The number of rotatable bonds is 37. The number of hydrogen-bond acceptors (Lipinski definition) is 9. The summed E-state index contributed by atoms with van der Waals surface area (Å²) >= 11 is 0. The molecule has 0 radical (unpaired) electrons. The van der Waals surface area contributed by atoms with Crippen LogP contribution in [0.2, 0.25) is 0 Å². The fourth-order valence-electron chi connectivity index (χ4n) is 5.12. The molecule has 0 fully saturated rings. The highest BCUT2D eigenvalue weighted by atomic mass is 31.2. The number of carbonyl (C=O) groups is 2. The third kappa shape index (κ3) is 36.3. The second-order valence-electron chi connectivity index (χ2n) is 13.3. The lowest BCUT2D eigenvalue weighted by atomic mass is 10.1. The zero-order chi connectivity index (χ0) is 38.4. The fraction of sp³-hybridized carbons (Fsp3) is 0.756. The van der Waals surface area contributed by atoms with Gasteiger partial charge in [0.1, 0.15) is 12.7 Å². The molecule has 3 atom stereocenters. The van der Waals surface area contributed by atoms with Crippen molar-refractivity contribution in [1.82, 2.24) is 0 Å². The normalized spacial score (nSPS) is 14.5. The van der Waals surface area contributed by atoms with Crippen molar-refractivity contribution in [3.63, 3.8) is 0 Å². The Kier molecular flexibility index (Phi) is 35.8. The minimum absolute atomic E-state index is 0.162. The molecule has 1 unspecified atom stereocenters. The molecular weight excluding hydrogens is 683 g/mol. The van der Waals surface area contributed by atoms with Gasteiger partial charge in [-0.2, -0.15) is 0 Å². The molecule has 11 heteroatoms. The van der Waals surface area contributed by atoms with Crippen molar-refractivity contribution in [3.8, 4) is 0 Å². The fourth-order valence-corrected chi connectivity index (χ4v) is 5.91. The van der Waals surface area contributed by atoms with Gasteiger partial charge in [-0.1, -0.05) is 127 Å². The number of allylic oxidation sites excluding steroid dienone is 8. The quantitative estimate of drug-likeness (QED) is 0.0242. The van der Waals surface area contributed by atoms with Gasteiger partial charge in [0.15, 0.2) is 6.10 Å². The predicted octanol–water partition coefficient (Wildman–Crippen LogP) is 10.2. The predicted molar refractivity (Wildman–Crippen MR) is 210 cm³/mol. The van der Waals surface area contributed by atoms with Crippen molar-refractivity contribution in [2.45, 2.75) is 174 Å². The second-order valence-corrected chi connectivity index (χ2v) is 14.7. The van der Waals surface area contributed by atoms with Crippen LogP contribution in [0.1, 0.15) is 162 Å². The molecule has 302 valence electrons. The van der Waals surface area contributed by atoms with Gasteiger partial charge < -0.3 is 24.6 Å². The van der Waals surface area contributed by atoms with Crippen molar-refractivity contribution in [1.29, 1.82) is 0 Å². The Labute approximate surface area is 315 Å². The molecule has 10 nitrogen and oxygen atoms in total. The summed E-state index contributed by atoms with van der Waals surface area (Å²) in [5.41, 5.74) is 0. The maximum absolute atomic E-state index is 12.6. The minimum Gasteiger partial charge on any atom is -0.462 e. The van der Waals surface area contributed by atoms with Crippen LogP contribution in [-0.2, 0) is 32.7 Å². The van der Waals surface area contributed by atoms with E-state index in [1.54, 1.807) is 0 Å². The van der Waals surface area contributed by atoms with E-state index in [4.69, 9.17) is 19.1 Å². The van der Waals surface area contributed by atoms with E-state index >= 15 is 0 Å². The van der Waals surface area contributed by atoms with Gasteiger partial charge in [0.25, 0.3) is 0 Å². The number of phosphoric ester groups is 1. The Morgan fingerprint density at radius 3 is 1.62 bits per heavy atom. The van der Waals surface area contributed by atoms with Crippen LogP contribution in [0.15, 0.2) is 48.6 Å². The molecule has 0 aliphatic heterocycles. The first-order chi connectivity index (χ1) is 25.2. The van der Waals surface area contributed by atoms with Crippen molar-refractivity contribution in [2.24, 2.45) is 0 Å². The first-order valence-corrected chi connectivity index (χ1v) is 21.6. The van der Waals surface area contributed by atoms with E-state index in [2.05, 4.69) is 67.0 Å². The molecule has 0 rings (SSSR count). The molecule has 3 N–H and O–H groups in total. The Morgan fingerprint density at radius 2 is 1.06 bits per heavy atom. The van der Waals surface area contributed by atoms with Crippen LogP contribution >= 0.6 is 7.82 Å². The number of esters is 2. The molecule has 0 aliphatic carbocycles. The van der Waals surface area contributed by atoms with E-state index in [0.717, 1.165) is 89.9 Å². The summed E-state index contributed by atoms with van der Waals surface area (Å²) in [4.78, 5) is 34.9. The molecule has 0 heterocycles. The van der Waals surface area contributed by atoms with E-state index < -0.39 is 51.8 Å². The standard InChI is InChI=1S/C41H73O10P/c1-3-5-7-9-11-13-15-17-19-21-23-25-27-29-31-33-41(45)51-39(37-50-52(46,47)49-35-38(43)34-42)36-48-40(44)32-30-28-26-24-22-20-18-16-14-12-10-8-6-4-2/h5,7,11,13,16-19,38-39,42-43H,3-4,6,8-10,12,14-15,20-37H2,1-2H3,(H,46,47)/b7-5-,13-11-,18-16-,19-17-/t38-,39+/m0/s1. The van der Waals surface area contributed by atoms with Crippen LogP contribution in [0, 0.1) is 0 Å². The molecule has 0 bridgehead atoms. The highest BCUT2D eigenvalue weighted by Gasteiger charge is 2.27. The monoisotopic (exact) mass is 756 g/mol. The summed E-state index contributed by atoms with van der Waals surface area (Å²) in [6, 6.07) is 0. The lowest BCUT2D eigenvalue weighted by molar-refractivity contribution is -0.161. The van der Waals surface area contributed by atoms with E-state index in [1.165, 1.54) is 32.1 Å². The first kappa shape index (κ1) is 49.9. The largest absolute Gasteiger partial charge is 0.472 e. The van der Waals surface area contributed by atoms with E-state index in [1.807, 2.05) is 0 Å². The topological polar surface area (TPSA) is 149 Å². The third-order valence-corrected chi connectivity index (χ3v) is 9.17. The van der Waals surface area contributed by atoms with Crippen LogP contribution in [0.4, 0.5) is 0 Å². The van der Waals surface area contributed by atoms with Crippen LogP contribution < -0.4 is 0 Å². The number of carbonyl (C=O) groups excluding carboxylic acids is 2. The van der Waals surface area contributed by atoms with Gasteiger partial charge in [-0.05, 0) is 70.6 Å². The lowest BCUT2D eigenvalue weighted by Crippen LogP contribution is -2.29. The van der Waals surface area contributed by atoms with Gasteiger partial charge in [0.2, 0.25) is 0 Å². The maximum Gasteiger partial charge on any atom is 0.472 e. The molecule has 0 saturated heterocycles. The van der Waals surface area contributed by atoms with Gasteiger partial charge in [-0.3, -0.25) is 18.6 Å². The van der Waals surface area contributed by atoms with Crippen molar-refractivity contribution in [3.05, 3.63) is 48.6 Å². The lowest BCUT2D eigenvalue weighted by Gasteiger charge is -2.20. The van der Waals surface area contributed by atoms with Gasteiger partial charge >= 0.3 is 19.8 Å². The Balaban J connectivity index is 4.39. The summed E-state index contributed by atoms with van der Waals surface area (Å²) in [5, 5.41) is 18.3. The highest BCUT2D eigenvalue weighted by Crippen LogP contribution is 2.43. The van der Waals surface area contributed by atoms with Gasteiger partial charge in [-0.15, -0.1) is 0 Å². The van der Waals surface area contributed by atoms with Gasteiger partial charge in [-0.25, -0.2) is 4.57 Å². The first-order valence-electron chi connectivity index (χ1n) is 20.1. The van der Waals surface area contributed by atoms with Crippen LogP contribution in [0.3, 0.4) is 0 Å². The second kappa shape index (κ2) is 37.3. The molecule has 0 aromatic rings. The molecule has 52 heavy (non-hydrogen) atoms. The highest BCUT2D eigenvalue weighted by molar-refractivity contribution is 7.47. The minimum atomic E-state index is -4.62. The van der Waals surface area contributed by atoms with E-state index in [-0.39, 0.29) is 19.4 Å². The summed E-state index contributed by atoms with van der Waals surface area (Å²) in [6.45, 7) is 2.21. The number of hydrogen-bond donors (Lipinski definition) is 3. The maximum atomic E-state index is 12.6. The van der Waals surface area contributed by atoms with E-state index in [9.17, 15) is 24.2 Å². The Bertz CT molecular complexity index is 1010. The molecular formula is C41H73O10P. The average Bonchev–Trinajstić information content (AvgIpc) is 3.13. The van der Waals surface area contributed by atoms with Crippen molar-refractivity contribution in [2.75, 3.05) is 26.4 Å². The van der Waals surface area contributed by atoms with Crippen LogP contribution in [0.25, 0.3) is 0 Å². The Morgan fingerprint density at radius 1 is 0.596 bits per heavy atom. The summed E-state index contributed by atoms with van der Waals surface area (Å²) in [7, 11) is -4.62. The molecule has 0 aromatic carbocycles. The van der Waals surface area contributed by atoms with Crippen LogP contribution in [0.5, 0.6) is 0 Å². The average molecular weight is 757 g/mol. The zero-order valence-electron chi connectivity index (χ0n) is 32.5. The summed E-state index contributed by atoms with van der Waals surface area (Å²) < 4.78 is 32.6. The summed E-state index contributed by atoms with van der Waals surface area (Å²) in [6.07, 6.45) is 37.9. The molecule has 0 aromatic heterocycles. The number of phosphoric acid groups is 1. The van der Waals surface area contributed by atoms with Gasteiger partial charge in [0, 0.05) is 12.8 Å². The zero-order valence-corrected chi connectivity index (χ0v) is 33.4. The Hall–Kier alpha value is -2.07. The van der Waals surface area contributed by atoms with Crippen LogP contribution in [-0.4, -0.2) is 65.7 Å². The third-order valence-electron chi connectivity index (χ3n) is 8.22. The summed E-state index contributed by atoms with van der Waals surface area (Å²) in [5.74, 6) is -0.958. The van der Waals surface area contributed by atoms with Crippen molar-refractivity contribution < 1.29 is 47.8 Å². The number of ether oxygens (including phenoxy) is 2. The molecule has 0 amide bonds. The molecule has 0 aliphatic rings. The smallest absolute Gasteiger partial charge is 0.462 e. The van der Waals surface area contributed by atoms with Gasteiger partial charge in [0.05, 0.1) is 19.8 Å². The number of aliphatic hydroxyl groups is 2. The van der Waals surface area contributed by atoms with E-state index in [0.29, 0.717) is 12.8 Å². The number of aliphatic hydroxyl groups excluding tert-OH is 2. The molecule has 0 saturated carbocycles. The SMILES string of the molecule is CC/C=C\C/C=C\C/C=C\CCCCCCCC(=O)O[C@H](COC(=O)CCCCCCC/C=C\CCCCCCC)COP(=O)(O)OC[C@@H](O)CO. The number of unbranched alkanes of at least 4 members (excludes halogenated alkanes) is 15.